The highest BCUT2D eigenvalue weighted by atomic mass is 127. The molecule has 0 aliphatic carbocycles. The van der Waals surface area contributed by atoms with Crippen LogP contribution in [-0.4, -0.2) is 17.8 Å². The average molecular weight is 349 g/mol. The van der Waals surface area contributed by atoms with E-state index in [4.69, 9.17) is 15.6 Å². The molecular formula is C12H16INO3. The first-order valence-electron chi connectivity index (χ1n) is 5.36. The summed E-state index contributed by atoms with van der Waals surface area (Å²) in [6.45, 7) is 1.95. The molecule has 4 nitrogen and oxygen atoms in total. The predicted octanol–water partition coefficient (Wildman–Crippen LogP) is 2.45. The number of hydrogen-bond acceptors (Lipinski definition) is 3. The third kappa shape index (κ3) is 4.51. The number of aliphatic hydroxyl groups is 1. The lowest BCUT2D eigenvalue weighted by molar-refractivity contribution is 0.0816. The van der Waals surface area contributed by atoms with Crippen LogP contribution in [0.25, 0.3) is 0 Å². The number of amides is 1. The van der Waals surface area contributed by atoms with E-state index in [9.17, 15) is 4.79 Å². The van der Waals surface area contributed by atoms with Gasteiger partial charge in [0.15, 0.2) is 0 Å². The van der Waals surface area contributed by atoms with Crippen molar-refractivity contribution >= 4 is 28.7 Å². The number of halogens is 1. The summed E-state index contributed by atoms with van der Waals surface area (Å²) in [5, 5.41) is 9.06. The van der Waals surface area contributed by atoms with E-state index in [2.05, 4.69) is 22.6 Å². The highest BCUT2D eigenvalue weighted by Gasteiger charge is 2.20. The molecule has 1 aromatic rings. The Hall–Kier alpha value is -0.820. The molecule has 0 aromatic heterocycles. The van der Waals surface area contributed by atoms with Crippen molar-refractivity contribution in [2.24, 2.45) is 11.7 Å². The SMILES string of the molecule is C[C@@H](CO)C[C@@H](OC(N)=O)c1ccccc1I. The Balaban J connectivity index is 2.89. The molecule has 0 fully saturated rings. The Morgan fingerprint density at radius 3 is 2.71 bits per heavy atom. The van der Waals surface area contributed by atoms with Gasteiger partial charge in [-0.05, 0) is 41.0 Å². The lowest BCUT2D eigenvalue weighted by Crippen LogP contribution is -2.20. The molecule has 0 saturated carbocycles. The van der Waals surface area contributed by atoms with Gasteiger partial charge in [-0.2, -0.15) is 0 Å². The summed E-state index contributed by atoms with van der Waals surface area (Å²) in [7, 11) is 0. The Morgan fingerprint density at radius 1 is 1.53 bits per heavy atom. The Kier molecular flexibility index (Phi) is 5.70. The van der Waals surface area contributed by atoms with Crippen LogP contribution >= 0.6 is 22.6 Å². The summed E-state index contributed by atoms with van der Waals surface area (Å²) in [5.41, 5.74) is 6.00. The van der Waals surface area contributed by atoms with Gasteiger partial charge in [-0.15, -0.1) is 0 Å². The van der Waals surface area contributed by atoms with Gasteiger partial charge in [-0.25, -0.2) is 4.79 Å². The standard InChI is InChI=1S/C12H16INO3/c1-8(7-15)6-11(17-12(14)16)9-4-2-3-5-10(9)13/h2-5,8,11,15H,6-7H2,1H3,(H2,14,16)/t8-,11-/m1/s1. The molecule has 3 N–H and O–H groups in total. The molecule has 1 rings (SSSR count). The van der Waals surface area contributed by atoms with Gasteiger partial charge in [0.1, 0.15) is 6.10 Å². The Morgan fingerprint density at radius 2 is 2.18 bits per heavy atom. The number of aliphatic hydroxyl groups excluding tert-OH is 1. The molecule has 17 heavy (non-hydrogen) atoms. The number of primary amides is 1. The number of carbonyl (C=O) groups is 1. The van der Waals surface area contributed by atoms with Crippen LogP contribution in [0.5, 0.6) is 0 Å². The number of benzene rings is 1. The van der Waals surface area contributed by atoms with Crippen molar-refractivity contribution < 1.29 is 14.6 Å². The van der Waals surface area contributed by atoms with Crippen LogP contribution in [0, 0.1) is 9.49 Å². The third-order valence-electron chi connectivity index (χ3n) is 2.44. The molecule has 0 unspecified atom stereocenters. The summed E-state index contributed by atoms with van der Waals surface area (Å²) in [4.78, 5) is 10.9. The predicted molar refractivity (Wildman–Crippen MR) is 73.4 cm³/mol. The molecule has 1 amide bonds. The zero-order valence-electron chi connectivity index (χ0n) is 9.60. The minimum atomic E-state index is -0.792. The molecule has 0 radical (unpaired) electrons. The second kappa shape index (κ2) is 6.80. The van der Waals surface area contributed by atoms with Crippen LogP contribution in [-0.2, 0) is 4.74 Å². The number of ether oxygens (including phenoxy) is 1. The van der Waals surface area contributed by atoms with Gasteiger partial charge in [0.25, 0.3) is 0 Å². The second-order valence-electron chi connectivity index (χ2n) is 3.97. The van der Waals surface area contributed by atoms with Crippen molar-refractivity contribution in [3.05, 3.63) is 33.4 Å². The zero-order valence-corrected chi connectivity index (χ0v) is 11.8. The van der Waals surface area contributed by atoms with Crippen LogP contribution < -0.4 is 5.73 Å². The summed E-state index contributed by atoms with van der Waals surface area (Å²) in [5.74, 6) is 0.0513. The zero-order chi connectivity index (χ0) is 12.8. The van der Waals surface area contributed by atoms with E-state index in [1.807, 2.05) is 31.2 Å². The van der Waals surface area contributed by atoms with Gasteiger partial charge in [-0.1, -0.05) is 25.1 Å². The molecular weight excluding hydrogens is 333 g/mol. The molecule has 94 valence electrons. The minimum absolute atomic E-state index is 0.0513. The monoisotopic (exact) mass is 349 g/mol. The van der Waals surface area contributed by atoms with Crippen LogP contribution in [0.4, 0.5) is 4.79 Å². The third-order valence-corrected chi connectivity index (χ3v) is 3.42. The summed E-state index contributed by atoms with van der Waals surface area (Å²) in [6, 6.07) is 7.65. The molecule has 0 bridgehead atoms. The first kappa shape index (κ1) is 14.2. The van der Waals surface area contributed by atoms with Crippen molar-refractivity contribution in [1.29, 1.82) is 0 Å². The van der Waals surface area contributed by atoms with E-state index in [1.165, 1.54) is 0 Å². The maximum absolute atomic E-state index is 10.9. The normalized spacial score (nSPS) is 14.1. The van der Waals surface area contributed by atoms with E-state index in [0.29, 0.717) is 6.42 Å². The molecule has 0 spiro atoms. The van der Waals surface area contributed by atoms with E-state index in [0.717, 1.165) is 9.13 Å². The van der Waals surface area contributed by atoms with Crippen molar-refractivity contribution in [1.82, 2.24) is 0 Å². The highest BCUT2D eigenvalue weighted by Crippen LogP contribution is 2.28. The number of hydrogen-bond donors (Lipinski definition) is 2. The molecule has 0 aliphatic rings. The topological polar surface area (TPSA) is 72.6 Å². The van der Waals surface area contributed by atoms with Gasteiger partial charge in [-0.3, -0.25) is 0 Å². The van der Waals surface area contributed by atoms with Gasteiger partial charge in [0.2, 0.25) is 0 Å². The summed E-state index contributed by atoms with van der Waals surface area (Å²) < 4.78 is 6.13. The quantitative estimate of drug-likeness (QED) is 0.802. The van der Waals surface area contributed by atoms with Crippen molar-refractivity contribution in [3.8, 4) is 0 Å². The minimum Gasteiger partial charge on any atom is -0.441 e. The molecule has 0 aliphatic heterocycles. The summed E-state index contributed by atoms with van der Waals surface area (Å²) >= 11 is 2.19. The van der Waals surface area contributed by atoms with Crippen molar-refractivity contribution in [3.63, 3.8) is 0 Å². The number of nitrogens with two attached hydrogens (primary N) is 1. The van der Waals surface area contributed by atoms with E-state index < -0.39 is 12.2 Å². The fraction of sp³-hybridized carbons (Fsp3) is 0.417. The number of rotatable bonds is 5. The fourth-order valence-corrected chi connectivity index (χ4v) is 2.29. The average Bonchev–Trinajstić information content (AvgIpc) is 2.28. The summed E-state index contributed by atoms with van der Waals surface area (Å²) in [6.07, 6.45) is -0.637. The largest absolute Gasteiger partial charge is 0.441 e. The Labute approximate surface area is 114 Å². The van der Waals surface area contributed by atoms with Crippen LogP contribution in [0.2, 0.25) is 0 Å². The lowest BCUT2D eigenvalue weighted by atomic mass is 9.99. The van der Waals surface area contributed by atoms with Gasteiger partial charge in [0, 0.05) is 15.7 Å². The number of carbonyl (C=O) groups excluding carboxylic acids is 1. The lowest BCUT2D eigenvalue weighted by Gasteiger charge is -2.20. The van der Waals surface area contributed by atoms with Crippen LogP contribution in [0.1, 0.15) is 25.0 Å². The maximum Gasteiger partial charge on any atom is 0.405 e. The maximum atomic E-state index is 10.9. The second-order valence-corrected chi connectivity index (χ2v) is 5.13. The van der Waals surface area contributed by atoms with E-state index in [1.54, 1.807) is 0 Å². The fourth-order valence-electron chi connectivity index (χ4n) is 1.55. The molecule has 2 atom stereocenters. The smallest absolute Gasteiger partial charge is 0.405 e. The van der Waals surface area contributed by atoms with Gasteiger partial charge < -0.3 is 15.6 Å². The van der Waals surface area contributed by atoms with Gasteiger partial charge >= 0.3 is 6.09 Å². The van der Waals surface area contributed by atoms with Crippen LogP contribution in [0.3, 0.4) is 0 Å². The first-order chi connectivity index (χ1) is 8.04. The van der Waals surface area contributed by atoms with E-state index >= 15 is 0 Å². The van der Waals surface area contributed by atoms with Crippen molar-refractivity contribution in [2.45, 2.75) is 19.4 Å². The first-order valence-corrected chi connectivity index (χ1v) is 6.43. The Bertz CT molecular complexity index is 384. The van der Waals surface area contributed by atoms with Crippen LogP contribution in [0.15, 0.2) is 24.3 Å². The molecule has 5 heteroatoms. The molecule has 0 saturated heterocycles. The van der Waals surface area contributed by atoms with Crippen molar-refractivity contribution in [2.75, 3.05) is 6.61 Å². The molecule has 0 heterocycles. The molecule has 1 aromatic carbocycles. The highest BCUT2D eigenvalue weighted by molar-refractivity contribution is 14.1. The van der Waals surface area contributed by atoms with E-state index in [-0.39, 0.29) is 12.5 Å². The van der Waals surface area contributed by atoms with Gasteiger partial charge in [0.05, 0.1) is 0 Å².